The third-order valence-corrected chi connectivity index (χ3v) is 5.73. The fraction of sp³-hybridized carbons (Fsp3) is 0.381. The molecule has 0 amide bonds. The van der Waals surface area contributed by atoms with Gasteiger partial charge in [0.2, 0.25) is 0 Å². The van der Waals surface area contributed by atoms with Gasteiger partial charge in [-0.3, -0.25) is 4.79 Å². The van der Waals surface area contributed by atoms with E-state index in [0.29, 0.717) is 11.7 Å². The second-order valence-electron chi connectivity index (χ2n) is 7.23. The number of Topliss-reactive ketones (excluding diaryl/α,β-unsaturated/α-hetero) is 1. The molecule has 0 aliphatic rings. The van der Waals surface area contributed by atoms with Gasteiger partial charge in [-0.1, -0.05) is 37.7 Å². The normalized spacial score (nSPS) is 11.4. The van der Waals surface area contributed by atoms with Gasteiger partial charge in [-0.2, -0.15) is 0 Å². The average molecular weight is 383 g/mol. The molecule has 0 fully saturated rings. The van der Waals surface area contributed by atoms with E-state index in [0.717, 1.165) is 33.6 Å². The first kappa shape index (κ1) is 19.4. The smallest absolute Gasteiger partial charge is 0.191 e. The highest BCUT2D eigenvalue weighted by Crippen LogP contribution is 2.25. The van der Waals surface area contributed by atoms with Crippen LogP contribution in [0.15, 0.2) is 35.5 Å². The van der Waals surface area contributed by atoms with Crippen molar-refractivity contribution in [1.29, 1.82) is 0 Å². The Kier molecular flexibility index (Phi) is 5.56. The van der Waals surface area contributed by atoms with Crippen LogP contribution in [-0.2, 0) is 7.05 Å². The summed E-state index contributed by atoms with van der Waals surface area (Å²) < 4.78 is 4.11. The summed E-state index contributed by atoms with van der Waals surface area (Å²) in [5.74, 6) is 1.70. The summed E-state index contributed by atoms with van der Waals surface area (Å²) in [6.07, 6.45) is 0. The van der Waals surface area contributed by atoms with Gasteiger partial charge in [-0.05, 0) is 44.5 Å². The zero-order chi connectivity index (χ0) is 19.7. The van der Waals surface area contributed by atoms with Crippen LogP contribution in [0, 0.1) is 20.8 Å². The molecule has 0 radical (unpaired) electrons. The van der Waals surface area contributed by atoms with E-state index in [1.165, 1.54) is 17.3 Å². The van der Waals surface area contributed by atoms with Crippen molar-refractivity contribution in [3.05, 3.63) is 58.7 Å². The Morgan fingerprint density at radius 3 is 2.52 bits per heavy atom. The van der Waals surface area contributed by atoms with Crippen molar-refractivity contribution >= 4 is 17.5 Å². The van der Waals surface area contributed by atoms with Gasteiger partial charge in [0.1, 0.15) is 5.82 Å². The lowest BCUT2D eigenvalue weighted by atomic mass is 10.2. The van der Waals surface area contributed by atoms with Crippen molar-refractivity contribution in [1.82, 2.24) is 19.3 Å². The van der Waals surface area contributed by atoms with Crippen LogP contribution in [0.1, 0.15) is 52.9 Å². The highest BCUT2D eigenvalue weighted by atomic mass is 32.2. The molecule has 3 rings (SSSR count). The third-order valence-electron chi connectivity index (χ3n) is 4.71. The van der Waals surface area contributed by atoms with Crippen molar-refractivity contribution in [2.75, 3.05) is 5.75 Å². The molecule has 27 heavy (non-hydrogen) atoms. The number of ketones is 1. The molecule has 0 unspecified atom stereocenters. The number of aryl methyl sites for hydroxylation is 2. The first-order valence-corrected chi connectivity index (χ1v) is 10.1. The maximum absolute atomic E-state index is 12.9. The van der Waals surface area contributed by atoms with Crippen molar-refractivity contribution in [3.8, 4) is 5.69 Å². The molecule has 0 aliphatic heterocycles. The van der Waals surface area contributed by atoms with Crippen molar-refractivity contribution < 1.29 is 4.79 Å². The molecule has 0 bridgehead atoms. The van der Waals surface area contributed by atoms with Gasteiger partial charge in [0.25, 0.3) is 0 Å². The number of nitrogens with zero attached hydrogens (tertiary/aromatic N) is 4. The Morgan fingerprint density at radius 2 is 1.89 bits per heavy atom. The molecule has 5 nitrogen and oxygen atoms in total. The maximum atomic E-state index is 12.9. The number of hydrogen-bond acceptors (Lipinski definition) is 4. The molecule has 2 heterocycles. The summed E-state index contributed by atoms with van der Waals surface area (Å²) in [7, 11) is 1.95. The summed E-state index contributed by atoms with van der Waals surface area (Å²) in [5, 5.41) is 9.23. The van der Waals surface area contributed by atoms with Crippen LogP contribution in [0.2, 0.25) is 0 Å². The van der Waals surface area contributed by atoms with Gasteiger partial charge < -0.3 is 9.13 Å². The van der Waals surface area contributed by atoms with E-state index in [1.54, 1.807) is 0 Å². The first-order chi connectivity index (χ1) is 12.8. The van der Waals surface area contributed by atoms with E-state index >= 15 is 0 Å². The lowest BCUT2D eigenvalue weighted by Gasteiger charge is -2.10. The molecule has 6 heteroatoms. The summed E-state index contributed by atoms with van der Waals surface area (Å²) >= 11 is 1.44. The Labute approximate surface area is 164 Å². The van der Waals surface area contributed by atoms with Gasteiger partial charge in [0.15, 0.2) is 10.9 Å². The molecule has 0 saturated heterocycles. The topological polar surface area (TPSA) is 52.7 Å². The summed E-state index contributed by atoms with van der Waals surface area (Å²) in [6.45, 7) is 10.3. The summed E-state index contributed by atoms with van der Waals surface area (Å²) in [4.78, 5) is 12.9. The van der Waals surface area contributed by atoms with Crippen LogP contribution in [-0.4, -0.2) is 30.9 Å². The van der Waals surface area contributed by atoms with Gasteiger partial charge >= 0.3 is 0 Å². The van der Waals surface area contributed by atoms with Gasteiger partial charge in [0.05, 0.1) is 5.75 Å². The zero-order valence-corrected chi connectivity index (χ0v) is 17.6. The predicted molar refractivity (Wildman–Crippen MR) is 110 cm³/mol. The van der Waals surface area contributed by atoms with Crippen molar-refractivity contribution in [3.63, 3.8) is 0 Å². The molecular weight excluding hydrogens is 356 g/mol. The second-order valence-corrected chi connectivity index (χ2v) is 8.17. The minimum Gasteiger partial charge on any atom is -0.318 e. The molecule has 0 aliphatic carbocycles. The molecule has 0 saturated carbocycles. The lowest BCUT2D eigenvalue weighted by molar-refractivity contribution is 0.102. The number of thioether (sulfide) groups is 1. The molecule has 3 aromatic rings. The largest absolute Gasteiger partial charge is 0.318 e. The van der Waals surface area contributed by atoms with Gasteiger partial charge in [0, 0.05) is 35.6 Å². The average Bonchev–Trinajstić information content (AvgIpc) is 3.12. The Hall–Kier alpha value is -2.34. The Bertz CT molecular complexity index is 984. The predicted octanol–water partition coefficient (Wildman–Crippen LogP) is 4.63. The highest BCUT2D eigenvalue weighted by molar-refractivity contribution is 7.99. The van der Waals surface area contributed by atoms with Crippen molar-refractivity contribution in [2.45, 2.75) is 45.7 Å². The number of aromatic nitrogens is 4. The standard InChI is InChI=1S/C21H26N4OS/c1-13(2)20-22-23-21(24(20)6)27-12-19(26)18-11-15(4)25(16(18)5)17-9-7-8-14(3)10-17/h7-11,13H,12H2,1-6H3. The maximum Gasteiger partial charge on any atom is 0.191 e. The SMILES string of the molecule is Cc1cccc(-n2c(C)cc(C(=O)CSc3nnc(C(C)C)n3C)c2C)c1. The molecule has 2 aromatic heterocycles. The molecule has 0 N–H and O–H groups in total. The molecule has 142 valence electrons. The third kappa shape index (κ3) is 3.86. The first-order valence-electron chi connectivity index (χ1n) is 9.11. The van der Waals surface area contributed by atoms with Crippen LogP contribution in [0.5, 0.6) is 0 Å². The number of carbonyl (C=O) groups excluding carboxylic acids is 1. The molecule has 0 spiro atoms. The highest BCUT2D eigenvalue weighted by Gasteiger charge is 2.19. The van der Waals surface area contributed by atoms with Crippen LogP contribution >= 0.6 is 11.8 Å². The van der Waals surface area contributed by atoms with Crippen molar-refractivity contribution in [2.24, 2.45) is 7.05 Å². The molecule has 1 aromatic carbocycles. The monoisotopic (exact) mass is 382 g/mol. The van der Waals surface area contributed by atoms with E-state index in [1.807, 2.05) is 37.6 Å². The zero-order valence-electron chi connectivity index (χ0n) is 16.8. The number of carbonyl (C=O) groups is 1. The number of rotatable bonds is 6. The second kappa shape index (κ2) is 7.72. The van der Waals surface area contributed by atoms with E-state index < -0.39 is 0 Å². The van der Waals surface area contributed by atoms with E-state index in [-0.39, 0.29) is 5.78 Å². The van der Waals surface area contributed by atoms with Gasteiger partial charge in [-0.15, -0.1) is 10.2 Å². The van der Waals surface area contributed by atoms with Crippen LogP contribution in [0.4, 0.5) is 0 Å². The van der Waals surface area contributed by atoms with Crippen LogP contribution in [0.3, 0.4) is 0 Å². The minimum absolute atomic E-state index is 0.112. The van der Waals surface area contributed by atoms with E-state index in [4.69, 9.17) is 0 Å². The molecular formula is C21H26N4OS. The fourth-order valence-electron chi connectivity index (χ4n) is 3.37. The van der Waals surface area contributed by atoms with E-state index in [2.05, 4.69) is 53.7 Å². The fourth-order valence-corrected chi connectivity index (χ4v) is 4.17. The summed E-state index contributed by atoms with van der Waals surface area (Å²) in [6, 6.07) is 10.3. The minimum atomic E-state index is 0.112. The number of hydrogen-bond donors (Lipinski definition) is 0. The van der Waals surface area contributed by atoms with Crippen LogP contribution in [0.25, 0.3) is 5.69 Å². The Balaban J connectivity index is 1.81. The quantitative estimate of drug-likeness (QED) is 0.461. The summed E-state index contributed by atoms with van der Waals surface area (Å²) in [5.41, 5.74) is 5.10. The van der Waals surface area contributed by atoms with Crippen LogP contribution < -0.4 is 0 Å². The molecule has 0 atom stereocenters. The van der Waals surface area contributed by atoms with Gasteiger partial charge in [-0.25, -0.2) is 0 Å². The lowest BCUT2D eigenvalue weighted by Crippen LogP contribution is -2.07. The van der Waals surface area contributed by atoms with E-state index in [9.17, 15) is 4.79 Å². The Morgan fingerprint density at radius 1 is 1.15 bits per heavy atom. The number of benzene rings is 1.